The Balaban J connectivity index is 1.74. The number of nitrogens with zero attached hydrogens (tertiary/aromatic N) is 1. The van der Waals surface area contributed by atoms with Crippen molar-refractivity contribution in [3.05, 3.63) is 59.2 Å². The van der Waals surface area contributed by atoms with Crippen LogP contribution < -0.4 is 9.64 Å². The molecule has 0 aliphatic carbocycles. The van der Waals surface area contributed by atoms with E-state index in [0.29, 0.717) is 24.3 Å². The maximum Gasteiger partial charge on any atom is 0.342 e. The molecule has 2 aromatic carbocycles. The number of Topliss-reactive ketones (excluding diaryl/α,β-unsaturated/α-hetero) is 1. The van der Waals surface area contributed by atoms with E-state index in [2.05, 4.69) is 0 Å². The van der Waals surface area contributed by atoms with Crippen molar-refractivity contribution in [2.45, 2.75) is 26.4 Å². The summed E-state index contributed by atoms with van der Waals surface area (Å²) in [6.07, 6.45) is -0.239. The van der Waals surface area contributed by atoms with E-state index < -0.39 is 12.1 Å². The largest absolute Gasteiger partial charge is 0.496 e. The number of hydrogen-bond acceptors (Lipinski definition) is 5. The topological polar surface area (TPSA) is 72.9 Å². The monoisotopic (exact) mass is 367 g/mol. The van der Waals surface area contributed by atoms with Crippen molar-refractivity contribution in [1.29, 1.82) is 0 Å². The maximum absolute atomic E-state index is 12.7. The second-order valence-corrected chi connectivity index (χ2v) is 6.38. The third-order valence-corrected chi connectivity index (χ3v) is 4.62. The predicted molar refractivity (Wildman–Crippen MR) is 100 cm³/mol. The third kappa shape index (κ3) is 3.69. The number of hydrogen-bond donors (Lipinski definition) is 0. The van der Waals surface area contributed by atoms with Crippen molar-refractivity contribution in [3.8, 4) is 5.75 Å². The molecule has 1 atom stereocenters. The van der Waals surface area contributed by atoms with Gasteiger partial charge >= 0.3 is 5.97 Å². The number of rotatable bonds is 5. The number of carbonyl (C=O) groups excluding carboxylic acids is 3. The first-order chi connectivity index (χ1) is 12.9. The molecule has 0 bridgehead atoms. The molecule has 6 heteroatoms. The van der Waals surface area contributed by atoms with Crippen LogP contribution in [0.25, 0.3) is 0 Å². The van der Waals surface area contributed by atoms with Crippen molar-refractivity contribution < 1.29 is 23.9 Å². The Kier molecular flexibility index (Phi) is 5.26. The normalized spacial score (nSPS) is 13.7. The van der Waals surface area contributed by atoms with Crippen LogP contribution in [0.3, 0.4) is 0 Å². The van der Waals surface area contributed by atoms with Gasteiger partial charge in [0.05, 0.1) is 7.11 Å². The van der Waals surface area contributed by atoms with Gasteiger partial charge in [0.1, 0.15) is 11.3 Å². The van der Waals surface area contributed by atoms with Gasteiger partial charge in [0.2, 0.25) is 11.7 Å². The molecule has 1 aliphatic heterocycles. The molecule has 0 saturated heterocycles. The summed E-state index contributed by atoms with van der Waals surface area (Å²) in [6.45, 7) is 3.68. The van der Waals surface area contributed by atoms with Crippen molar-refractivity contribution in [1.82, 2.24) is 0 Å². The molecule has 0 fully saturated rings. The van der Waals surface area contributed by atoms with E-state index in [-0.39, 0.29) is 17.3 Å². The summed E-state index contributed by atoms with van der Waals surface area (Å²) < 4.78 is 10.5. The summed E-state index contributed by atoms with van der Waals surface area (Å²) in [5.74, 6) is -0.532. The number of ketones is 1. The smallest absolute Gasteiger partial charge is 0.342 e. The Morgan fingerprint density at radius 2 is 1.85 bits per heavy atom. The molecule has 1 unspecified atom stereocenters. The lowest BCUT2D eigenvalue weighted by molar-refractivity contribution is -0.116. The van der Waals surface area contributed by atoms with Gasteiger partial charge in [-0.05, 0) is 49.2 Å². The number of benzene rings is 2. The number of methoxy groups -OCH3 is 1. The van der Waals surface area contributed by atoms with Crippen LogP contribution in [-0.2, 0) is 16.0 Å². The van der Waals surface area contributed by atoms with Gasteiger partial charge in [0.25, 0.3) is 0 Å². The van der Waals surface area contributed by atoms with Gasteiger partial charge in [-0.2, -0.15) is 0 Å². The molecule has 0 spiro atoms. The molecule has 1 heterocycles. The number of para-hydroxylation sites is 1. The summed E-state index contributed by atoms with van der Waals surface area (Å²) in [4.78, 5) is 38.4. The average Bonchev–Trinajstić information content (AvgIpc) is 3.10. The lowest BCUT2D eigenvalue weighted by atomic mass is 10.0. The predicted octanol–water partition coefficient (Wildman–Crippen LogP) is 3.03. The molecule has 27 heavy (non-hydrogen) atoms. The quantitative estimate of drug-likeness (QED) is 0.600. The van der Waals surface area contributed by atoms with E-state index in [9.17, 15) is 14.4 Å². The fourth-order valence-electron chi connectivity index (χ4n) is 3.21. The lowest BCUT2D eigenvalue weighted by Gasteiger charge is -2.16. The summed E-state index contributed by atoms with van der Waals surface area (Å²) in [5.41, 5.74) is 2.50. The van der Waals surface area contributed by atoms with Crippen LogP contribution in [0.2, 0.25) is 0 Å². The highest BCUT2D eigenvalue weighted by atomic mass is 16.5. The van der Waals surface area contributed by atoms with Gasteiger partial charge in [-0.1, -0.05) is 12.1 Å². The lowest BCUT2D eigenvalue weighted by Crippen LogP contribution is -2.26. The first kappa shape index (κ1) is 18.6. The second-order valence-electron chi connectivity index (χ2n) is 6.38. The summed E-state index contributed by atoms with van der Waals surface area (Å²) in [5, 5.41) is 0. The first-order valence-corrected chi connectivity index (χ1v) is 8.71. The van der Waals surface area contributed by atoms with E-state index in [4.69, 9.17) is 9.47 Å². The fourth-order valence-corrected chi connectivity index (χ4v) is 3.21. The minimum absolute atomic E-state index is 0.0214. The van der Waals surface area contributed by atoms with E-state index in [1.807, 2.05) is 0 Å². The van der Waals surface area contributed by atoms with Crippen LogP contribution in [0, 0.1) is 0 Å². The van der Waals surface area contributed by atoms with Gasteiger partial charge in [0.15, 0.2) is 6.10 Å². The van der Waals surface area contributed by atoms with Gasteiger partial charge in [-0.25, -0.2) is 4.79 Å². The van der Waals surface area contributed by atoms with E-state index in [0.717, 1.165) is 11.3 Å². The fraction of sp³-hybridized carbons (Fsp3) is 0.286. The Labute approximate surface area is 157 Å². The molecule has 1 amide bonds. The van der Waals surface area contributed by atoms with E-state index in [1.54, 1.807) is 54.3 Å². The van der Waals surface area contributed by atoms with Gasteiger partial charge in [0, 0.05) is 24.7 Å². The van der Waals surface area contributed by atoms with Crippen molar-refractivity contribution in [3.63, 3.8) is 0 Å². The standard InChI is InChI=1S/C21H21NO5/c1-13(27-21(25)17-6-4-5-7-19(17)26-3)20(24)16-8-9-18-15(12-16)10-11-22(18)14(2)23/h4-9,12-13H,10-11H2,1-3H3. The summed E-state index contributed by atoms with van der Waals surface area (Å²) >= 11 is 0. The Bertz CT molecular complexity index is 905. The minimum atomic E-state index is -0.939. The van der Waals surface area contributed by atoms with Crippen LogP contribution >= 0.6 is 0 Å². The molecular formula is C21H21NO5. The highest BCUT2D eigenvalue weighted by Gasteiger charge is 2.26. The summed E-state index contributed by atoms with van der Waals surface area (Å²) in [6, 6.07) is 11.9. The van der Waals surface area contributed by atoms with E-state index >= 15 is 0 Å². The Morgan fingerprint density at radius 3 is 2.56 bits per heavy atom. The molecule has 0 aromatic heterocycles. The zero-order valence-corrected chi connectivity index (χ0v) is 15.5. The number of carbonyl (C=O) groups is 3. The van der Waals surface area contributed by atoms with E-state index in [1.165, 1.54) is 14.0 Å². The second kappa shape index (κ2) is 7.61. The molecule has 0 saturated carbocycles. The molecule has 1 aliphatic rings. The number of esters is 1. The zero-order chi connectivity index (χ0) is 19.6. The highest BCUT2D eigenvalue weighted by Crippen LogP contribution is 2.29. The van der Waals surface area contributed by atoms with Crippen LogP contribution in [0.4, 0.5) is 5.69 Å². The van der Waals surface area contributed by atoms with Crippen LogP contribution in [0.15, 0.2) is 42.5 Å². The minimum Gasteiger partial charge on any atom is -0.496 e. The van der Waals surface area contributed by atoms with Crippen LogP contribution in [0.5, 0.6) is 5.75 Å². The van der Waals surface area contributed by atoms with Crippen molar-refractivity contribution >= 4 is 23.3 Å². The van der Waals surface area contributed by atoms with Crippen molar-refractivity contribution in [2.75, 3.05) is 18.6 Å². The van der Waals surface area contributed by atoms with Crippen LogP contribution in [0.1, 0.15) is 40.1 Å². The molecule has 6 nitrogen and oxygen atoms in total. The summed E-state index contributed by atoms with van der Waals surface area (Å²) in [7, 11) is 1.47. The molecule has 140 valence electrons. The molecule has 0 radical (unpaired) electrons. The number of ether oxygens (including phenoxy) is 2. The van der Waals surface area contributed by atoms with Gasteiger partial charge in [-0.15, -0.1) is 0 Å². The maximum atomic E-state index is 12.7. The number of fused-ring (bicyclic) bond motifs is 1. The molecular weight excluding hydrogens is 346 g/mol. The molecule has 3 rings (SSSR count). The SMILES string of the molecule is COc1ccccc1C(=O)OC(C)C(=O)c1ccc2c(c1)CCN2C(C)=O. The van der Waals surface area contributed by atoms with Crippen LogP contribution in [-0.4, -0.2) is 37.4 Å². The first-order valence-electron chi connectivity index (χ1n) is 8.71. The number of anilines is 1. The van der Waals surface area contributed by atoms with Gasteiger partial charge < -0.3 is 14.4 Å². The molecule has 2 aromatic rings. The Hall–Kier alpha value is -3.15. The third-order valence-electron chi connectivity index (χ3n) is 4.62. The van der Waals surface area contributed by atoms with Crippen molar-refractivity contribution in [2.24, 2.45) is 0 Å². The highest BCUT2D eigenvalue weighted by molar-refractivity contribution is 6.03. The Morgan fingerprint density at radius 1 is 1.11 bits per heavy atom. The molecule has 0 N–H and O–H groups in total. The zero-order valence-electron chi connectivity index (χ0n) is 15.5. The van der Waals surface area contributed by atoms with Gasteiger partial charge in [-0.3, -0.25) is 9.59 Å². The number of amides is 1. The average molecular weight is 367 g/mol.